The highest BCUT2D eigenvalue weighted by Gasteiger charge is 2.28. The van der Waals surface area contributed by atoms with Gasteiger partial charge >= 0.3 is 0 Å². The first-order valence-electron chi connectivity index (χ1n) is 4.95. The molecule has 0 aromatic carbocycles. The first-order valence-corrected chi connectivity index (χ1v) is 5.83. The van der Waals surface area contributed by atoms with Crippen molar-refractivity contribution in [2.75, 3.05) is 13.2 Å². The Morgan fingerprint density at radius 2 is 2.43 bits per heavy atom. The molecule has 4 heteroatoms. The number of aliphatic hydroxyl groups is 1. The number of thiazole rings is 1. The van der Waals surface area contributed by atoms with Gasteiger partial charge < -0.3 is 10.8 Å². The van der Waals surface area contributed by atoms with Crippen LogP contribution in [0.25, 0.3) is 0 Å². The van der Waals surface area contributed by atoms with E-state index in [1.165, 1.54) is 0 Å². The van der Waals surface area contributed by atoms with E-state index < -0.39 is 0 Å². The zero-order valence-corrected chi connectivity index (χ0v) is 9.39. The fourth-order valence-corrected chi connectivity index (χ4v) is 2.44. The summed E-state index contributed by atoms with van der Waals surface area (Å²) in [6.45, 7) is 2.79. The predicted octanol–water partition coefficient (Wildman–Crippen LogP) is 1.42. The molecule has 80 valence electrons. The van der Waals surface area contributed by atoms with E-state index in [4.69, 9.17) is 5.73 Å². The number of aromatic nitrogens is 1. The van der Waals surface area contributed by atoms with Gasteiger partial charge in [0, 0.05) is 30.0 Å². The predicted molar refractivity (Wildman–Crippen MR) is 59.3 cm³/mol. The first-order chi connectivity index (χ1) is 6.76. The maximum absolute atomic E-state index is 9.40. The monoisotopic (exact) mass is 214 g/mol. The van der Waals surface area contributed by atoms with Gasteiger partial charge in [0.05, 0.1) is 11.6 Å². The van der Waals surface area contributed by atoms with Gasteiger partial charge in [0.15, 0.2) is 0 Å². The van der Waals surface area contributed by atoms with Gasteiger partial charge in [-0.15, -0.1) is 11.3 Å². The Morgan fingerprint density at radius 1 is 1.64 bits per heavy atom. The second-order valence-electron chi connectivity index (χ2n) is 3.71. The van der Waals surface area contributed by atoms with E-state index in [1.54, 1.807) is 17.5 Å². The van der Waals surface area contributed by atoms with E-state index in [0.29, 0.717) is 6.54 Å². The Balaban J connectivity index is 2.67. The molecule has 1 aromatic heterocycles. The molecular weight excluding hydrogens is 196 g/mol. The molecule has 14 heavy (non-hydrogen) atoms. The average molecular weight is 214 g/mol. The molecule has 0 bridgehead atoms. The van der Waals surface area contributed by atoms with E-state index in [-0.39, 0.29) is 12.0 Å². The number of aliphatic hydroxyl groups excluding tert-OH is 1. The summed E-state index contributed by atoms with van der Waals surface area (Å²) in [7, 11) is 0. The van der Waals surface area contributed by atoms with Gasteiger partial charge in [-0.05, 0) is 6.42 Å². The van der Waals surface area contributed by atoms with Crippen molar-refractivity contribution in [1.82, 2.24) is 4.98 Å². The van der Waals surface area contributed by atoms with Crippen molar-refractivity contribution in [3.05, 3.63) is 16.6 Å². The van der Waals surface area contributed by atoms with E-state index >= 15 is 0 Å². The molecule has 1 aromatic rings. The summed E-state index contributed by atoms with van der Waals surface area (Å²) in [5.74, 6) is 0. The lowest BCUT2D eigenvalue weighted by Crippen LogP contribution is -2.36. The maximum Gasteiger partial charge on any atom is 0.0931 e. The van der Waals surface area contributed by atoms with E-state index in [2.05, 4.69) is 11.9 Å². The van der Waals surface area contributed by atoms with Gasteiger partial charge in [0.25, 0.3) is 0 Å². The third kappa shape index (κ3) is 2.77. The Bertz CT molecular complexity index is 245. The van der Waals surface area contributed by atoms with Gasteiger partial charge in [0.2, 0.25) is 0 Å². The third-order valence-electron chi connectivity index (χ3n) is 2.56. The van der Waals surface area contributed by atoms with Crippen molar-refractivity contribution >= 4 is 11.3 Å². The highest BCUT2D eigenvalue weighted by Crippen LogP contribution is 2.27. The second-order valence-corrected chi connectivity index (χ2v) is 4.69. The summed E-state index contributed by atoms with van der Waals surface area (Å²) in [6, 6.07) is 0. The SMILES string of the molecule is CCCC(CN)(CO)Cc1nccs1. The van der Waals surface area contributed by atoms with Crippen LogP contribution >= 0.6 is 11.3 Å². The van der Waals surface area contributed by atoms with Crippen LogP contribution < -0.4 is 5.73 Å². The lowest BCUT2D eigenvalue weighted by molar-refractivity contribution is 0.121. The van der Waals surface area contributed by atoms with Gasteiger partial charge in [-0.3, -0.25) is 0 Å². The zero-order valence-electron chi connectivity index (χ0n) is 8.57. The minimum atomic E-state index is -0.160. The van der Waals surface area contributed by atoms with Crippen LogP contribution in [0.15, 0.2) is 11.6 Å². The normalized spacial score (nSPS) is 15.4. The Hall–Kier alpha value is -0.450. The number of hydrogen-bond acceptors (Lipinski definition) is 4. The van der Waals surface area contributed by atoms with Crippen LogP contribution in [0.1, 0.15) is 24.8 Å². The summed E-state index contributed by atoms with van der Waals surface area (Å²) < 4.78 is 0. The molecular formula is C10H18N2OS. The molecule has 0 spiro atoms. The van der Waals surface area contributed by atoms with Crippen LogP contribution in [0.3, 0.4) is 0 Å². The summed E-state index contributed by atoms with van der Waals surface area (Å²) in [4.78, 5) is 4.23. The molecule has 0 aliphatic heterocycles. The highest BCUT2D eigenvalue weighted by molar-refractivity contribution is 7.09. The molecule has 0 aliphatic rings. The number of nitrogens with two attached hydrogens (primary N) is 1. The first kappa shape index (κ1) is 11.6. The van der Waals surface area contributed by atoms with E-state index in [9.17, 15) is 5.11 Å². The van der Waals surface area contributed by atoms with Crippen molar-refractivity contribution in [2.45, 2.75) is 26.2 Å². The molecule has 0 saturated heterocycles. The number of nitrogens with zero attached hydrogens (tertiary/aromatic N) is 1. The largest absolute Gasteiger partial charge is 0.396 e. The zero-order chi connectivity index (χ0) is 10.4. The van der Waals surface area contributed by atoms with Crippen molar-refractivity contribution in [3.8, 4) is 0 Å². The van der Waals surface area contributed by atoms with Crippen molar-refractivity contribution in [2.24, 2.45) is 11.1 Å². The molecule has 0 fully saturated rings. The quantitative estimate of drug-likeness (QED) is 0.753. The minimum Gasteiger partial charge on any atom is -0.396 e. The summed E-state index contributed by atoms with van der Waals surface area (Å²) in [5, 5.41) is 12.4. The Labute approximate surface area is 89.0 Å². The molecule has 1 rings (SSSR count). The summed E-state index contributed by atoms with van der Waals surface area (Å²) >= 11 is 1.63. The Morgan fingerprint density at radius 3 is 2.86 bits per heavy atom. The number of rotatable bonds is 6. The molecule has 1 atom stereocenters. The molecule has 1 unspecified atom stereocenters. The van der Waals surface area contributed by atoms with Crippen molar-refractivity contribution in [1.29, 1.82) is 0 Å². The lowest BCUT2D eigenvalue weighted by Gasteiger charge is -2.29. The fraction of sp³-hybridized carbons (Fsp3) is 0.700. The van der Waals surface area contributed by atoms with Gasteiger partial charge in [-0.25, -0.2) is 4.98 Å². The molecule has 0 amide bonds. The molecule has 0 aliphatic carbocycles. The fourth-order valence-electron chi connectivity index (χ4n) is 1.65. The van der Waals surface area contributed by atoms with E-state index in [0.717, 1.165) is 24.3 Å². The molecule has 3 nitrogen and oxygen atoms in total. The molecule has 0 radical (unpaired) electrons. The van der Waals surface area contributed by atoms with Gasteiger partial charge in [-0.1, -0.05) is 13.3 Å². The van der Waals surface area contributed by atoms with Gasteiger partial charge in [0.1, 0.15) is 0 Å². The summed E-state index contributed by atoms with van der Waals surface area (Å²) in [5.41, 5.74) is 5.58. The number of hydrogen-bond donors (Lipinski definition) is 2. The smallest absolute Gasteiger partial charge is 0.0931 e. The van der Waals surface area contributed by atoms with E-state index in [1.807, 2.05) is 5.38 Å². The topological polar surface area (TPSA) is 59.1 Å². The molecule has 3 N–H and O–H groups in total. The van der Waals surface area contributed by atoms with Crippen molar-refractivity contribution in [3.63, 3.8) is 0 Å². The lowest BCUT2D eigenvalue weighted by atomic mass is 9.81. The van der Waals surface area contributed by atoms with Crippen LogP contribution in [0.5, 0.6) is 0 Å². The minimum absolute atomic E-state index is 0.150. The summed E-state index contributed by atoms with van der Waals surface area (Å²) in [6.07, 6.45) is 4.60. The van der Waals surface area contributed by atoms with Crippen LogP contribution in [0, 0.1) is 5.41 Å². The van der Waals surface area contributed by atoms with Crippen molar-refractivity contribution < 1.29 is 5.11 Å². The molecule has 1 heterocycles. The van der Waals surface area contributed by atoms with Crippen LogP contribution in [-0.2, 0) is 6.42 Å². The third-order valence-corrected chi connectivity index (χ3v) is 3.34. The average Bonchev–Trinajstić information content (AvgIpc) is 2.69. The van der Waals surface area contributed by atoms with Crippen LogP contribution in [0.2, 0.25) is 0 Å². The second kappa shape index (κ2) is 5.44. The van der Waals surface area contributed by atoms with Gasteiger partial charge in [-0.2, -0.15) is 0 Å². The molecule has 0 saturated carbocycles. The van der Waals surface area contributed by atoms with Crippen LogP contribution in [0.4, 0.5) is 0 Å². The van der Waals surface area contributed by atoms with Crippen LogP contribution in [-0.4, -0.2) is 23.2 Å². The highest BCUT2D eigenvalue weighted by atomic mass is 32.1. The maximum atomic E-state index is 9.40. The standard InChI is InChI=1S/C10H18N2OS/c1-2-3-10(7-11,8-13)6-9-12-4-5-14-9/h4-5,13H,2-3,6-8,11H2,1H3. The Kier molecular flexibility index (Phi) is 4.51.